The van der Waals surface area contributed by atoms with E-state index in [1.807, 2.05) is 51.1 Å². The van der Waals surface area contributed by atoms with Crippen molar-refractivity contribution in [2.75, 3.05) is 11.9 Å². The molecule has 144 valence electrons. The molecule has 0 unspecified atom stereocenters. The highest BCUT2D eigenvalue weighted by molar-refractivity contribution is 9.10. The fourth-order valence-corrected chi connectivity index (χ4v) is 3.13. The molecule has 0 spiro atoms. The number of carbonyl (C=O) groups excluding carboxylic acids is 1. The summed E-state index contributed by atoms with van der Waals surface area (Å²) in [5.41, 5.74) is 5.31. The number of anilines is 1. The minimum Gasteiger partial charge on any atom is -0.483 e. The van der Waals surface area contributed by atoms with E-state index in [0.717, 1.165) is 26.9 Å². The van der Waals surface area contributed by atoms with Crippen molar-refractivity contribution in [2.24, 2.45) is 0 Å². The zero-order chi connectivity index (χ0) is 20.1. The number of aryl methyl sites for hydroxylation is 3. The Kier molecular flexibility index (Phi) is 7.39. The fourth-order valence-electron chi connectivity index (χ4n) is 2.53. The Morgan fingerprint density at radius 3 is 2.44 bits per heavy atom. The van der Waals surface area contributed by atoms with Crippen molar-refractivity contribution in [2.45, 2.75) is 40.5 Å². The quantitative estimate of drug-likeness (QED) is 0.601. The third kappa shape index (κ3) is 6.04. The minimum atomic E-state index is -0.299. The lowest BCUT2D eigenvalue weighted by Crippen LogP contribution is -2.37. The Morgan fingerprint density at radius 2 is 1.81 bits per heavy atom. The molecule has 27 heavy (non-hydrogen) atoms. The second-order valence-electron chi connectivity index (χ2n) is 6.88. The van der Waals surface area contributed by atoms with Gasteiger partial charge < -0.3 is 10.1 Å². The van der Waals surface area contributed by atoms with Gasteiger partial charge >= 0.3 is 0 Å². The van der Waals surface area contributed by atoms with Gasteiger partial charge in [0.2, 0.25) is 0 Å². The summed E-state index contributed by atoms with van der Waals surface area (Å²) >= 11 is 8.76. The summed E-state index contributed by atoms with van der Waals surface area (Å²) in [5, 5.41) is 5.93. The van der Waals surface area contributed by atoms with Crippen LogP contribution in [0.1, 0.15) is 42.0 Å². The number of nitrogens with one attached hydrogen (secondary N) is 2. The molecule has 0 aliphatic carbocycles. The topological polar surface area (TPSA) is 50.4 Å². The molecule has 0 heterocycles. The first kappa shape index (κ1) is 21.4. The number of hydrogen-bond acceptors (Lipinski definition) is 3. The molecule has 2 rings (SSSR count). The van der Waals surface area contributed by atoms with Gasteiger partial charge in [0.05, 0.1) is 0 Å². The molecule has 0 aliphatic rings. The molecule has 0 saturated heterocycles. The zero-order valence-electron chi connectivity index (χ0n) is 16.3. The van der Waals surface area contributed by atoms with E-state index in [4.69, 9.17) is 17.0 Å². The van der Waals surface area contributed by atoms with Gasteiger partial charge in [0.15, 0.2) is 11.7 Å². The zero-order valence-corrected chi connectivity index (χ0v) is 18.7. The van der Waals surface area contributed by atoms with E-state index in [2.05, 4.69) is 40.4 Å². The fraction of sp³-hybridized carbons (Fsp3) is 0.333. The molecule has 2 N–H and O–H groups in total. The summed E-state index contributed by atoms with van der Waals surface area (Å²) in [6.45, 7) is 10.1. The van der Waals surface area contributed by atoms with E-state index in [9.17, 15) is 4.79 Å². The number of amides is 1. The van der Waals surface area contributed by atoms with Gasteiger partial charge in [0.25, 0.3) is 5.91 Å². The Bertz CT molecular complexity index is 866. The Balaban J connectivity index is 1.95. The van der Waals surface area contributed by atoms with Crippen LogP contribution in [0.4, 0.5) is 5.69 Å². The summed E-state index contributed by atoms with van der Waals surface area (Å²) in [7, 11) is 0. The molecule has 2 aromatic carbocycles. The van der Waals surface area contributed by atoms with Gasteiger partial charge in [-0.2, -0.15) is 0 Å². The molecular weight excluding hydrogens is 424 g/mol. The number of thiocarbonyl (C=S) groups is 1. The van der Waals surface area contributed by atoms with Crippen LogP contribution in [-0.2, 0) is 4.79 Å². The lowest BCUT2D eigenvalue weighted by Gasteiger charge is -2.16. The Hall–Kier alpha value is -1.92. The first-order valence-corrected chi connectivity index (χ1v) is 9.98. The molecule has 0 saturated carbocycles. The van der Waals surface area contributed by atoms with Gasteiger partial charge in [-0.3, -0.25) is 10.1 Å². The third-order valence-corrected chi connectivity index (χ3v) is 5.35. The molecule has 0 bridgehead atoms. The highest BCUT2D eigenvalue weighted by Crippen LogP contribution is 2.32. The van der Waals surface area contributed by atoms with Crippen LogP contribution in [0.5, 0.6) is 5.75 Å². The van der Waals surface area contributed by atoms with Gasteiger partial charge in [0.1, 0.15) is 5.75 Å². The Morgan fingerprint density at radius 1 is 1.11 bits per heavy atom. The Labute approximate surface area is 174 Å². The smallest absolute Gasteiger partial charge is 0.264 e. The minimum absolute atomic E-state index is 0.102. The highest BCUT2D eigenvalue weighted by Gasteiger charge is 2.13. The second kappa shape index (κ2) is 9.33. The lowest BCUT2D eigenvalue weighted by molar-refractivity contribution is -0.121. The predicted molar refractivity (Wildman–Crippen MR) is 119 cm³/mol. The van der Waals surface area contributed by atoms with Crippen LogP contribution in [-0.4, -0.2) is 17.6 Å². The van der Waals surface area contributed by atoms with Crippen LogP contribution in [0.3, 0.4) is 0 Å². The SMILES string of the molecule is Cc1ccc(NC(=S)NC(=O)COc2cc(C)c(Br)cc2C(C)C)cc1C. The summed E-state index contributed by atoms with van der Waals surface area (Å²) in [5.74, 6) is 0.702. The van der Waals surface area contributed by atoms with Crippen molar-refractivity contribution in [3.63, 3.8) is 0 Å². The van der Waals surface area contributed by atoms with Gasteiger partial charge in [-0.25, -0.2) is 0 Å². The number of hydrogen-bond donors (Lipinski definition) is 2. The van der Waals surface area contributed by atoms with E-state index in [-0.39, 0.29) is 23.5 Å². The molecule has 0 aliphatic heterocycles. The van der Waals surface area contributed by atoms with E-state index >= 15 is 0 Å². The standard InChI is InChI=1S/C21H25BrN2O2S/c1-12(2)17-10-18(22)15(5)9-19(17)26-11-20(25)24-21(27)23-16-7-6-13(3)14(4)8-16/h6-10,12H,11H2,1-5H3,(H2,23,24,25,27). The maximum absolute atomic E-state index is 12.2. The number of benzene rings is 2. The summed E-state index contributed by atoms with van der Waals surface area (Å²) in [6.07, 6.45) is 0. The van der Waals surface area contributed by atoms with Crippen LogP contribution < -0.4 is 15.4 Å². The van der Waals surface area contributed by atoms with Crippen LogP contribution in [0.2, 0.25) is 0 Å². The molecule has 0 fully saturated rings. The molecule has 0 radical (unpaired) electrons. The largest absolute Gasteiger partial charge is 0.483 e. The second-order valence-corrected chi connectivity index (χ2v) is 8.15. The molecule has 0 atom stereocenters. The number of rotatable bonds is 5. The normalized spacial score (nSPS) is 10.6. The first-order valence-electron chi connectivity index (χ1n) is 8.78. The van der Waals surface area contributed by atoms with Crippen molar-refractivity contribution in [1.29, 1.82) is 0 Å². The lowest BCUT2D eigenvalue weighted by atomic mass is 10.0. The molecule has 0 aromatic heterocycles. The van der Waals surface area contributed by atoms with Crippen LogP contribution in [0, 0.1) is 20.8 Å². The predicted octanol–water partition coefficient (Wildman–Crippen LogP) is 5.39. The van der Waals surface area contributed by atoms with E-state index < -0.39 is 0 Å². The van der Waals surface area contributed by atoms with E-state index in [0.29, 0.717) is 5.75 Å². The molecule has 6 heteroatoms. The van der Waals surface area contributed by atoms with Crippen molar-refractivity contribution in [3.8, 4) is 5.75 Å². The maximum Gasteiger partial charge on any atom is 0.264 e. The van der Waals surface area contributed by atoms with Gasteiger partial charge in [-0.05, 0) is 85.4 Å². The van der Waals surface area contributed by atoms with E-state index in [1.54, 1.807) is 0 Å². The average Bonchev–Trinajstić information content (AvgIpc) is 2.58. The summed E-state index contributed by atoms with van der Waals surface area (Å²) in [4.78, 5) is 12.2. The van der Waals surface area contributed by atoms with Gasteiger partial charge in [-0.15, -0.1) is 0 Å². The number of halogens is 1. The number of carbonyl (C=O) groups is 1. The van der Waals surface area contributed by atoms with Crippen molar-refractivity contribution < 1.29 is 9.53 Å². The van der Waals surface area contributed by atoms with Crippen molar-refractivity contribution >= 4 is 44.9 Å². The maximum atomic E-state index is 12.2. The van der Waals surface area contributed by atoms with Crippen molar-refractivity contribution in [3.05, 3.63) is 57.1 Å². The summed E-state index contributed by atoms with van der Waals surface area (Å²) in [6, 6.07) is 9.91. The third-order valence-electron chi connectivity index (χ3n) is 4.29. The molecule has 1 amide bonds. The monoisotopic (exact) mass is 448 g/mol. The van der Waals surface area contributed by atoms with Crippen LogP contribution in [0.15, 0.2) is 34.8 Å². The molecule has 2 aromatic rings. The van der Waals surface area contributed by atoms with Crippen molar-refractivity contribution in [1.82, 2.24) is 5.32 Å². The van der Waals surface area contributed by atoms with Gasteiger partial charge in [0, 0.05) is 10.2 Å². The molecule has 4 nitrogen and oxygen atoms in total. The number of ether oxygens (including phenoxy) is 1. The first-order chi connectivity index (χ1) is 12.7. The van der Waals surface area contributed by atoms with E-state index in [1.165, 1.54) is 5.56 Å². The van der Waals surface area contributed by atoms with Crippen LogP contribution >= 0.6 is 28.1 Å². The van der Waals surface area contributed by atoms with Crippen LogP contribution in [0.25, 0.3) is 0 Å². The average molecular weight is 449 g/mol. The highest BCUT2D eigenvalue weighted by atomic mass is 79.9. The molecular formula is C21H25BrN2O2S. The van der Waals surface area contributed by atoms with Gasteiger partial charge in [-0.1, -0.05) is 35.8 Å². The summed E-state index contributed by atoms with van der Waals surface area (Å²) < 4.78 is 6.79.